The van der Waals surface area contributed by atoms with Crippen LogP contribution in [0.25, 0.3) is 11.0 Å². The second-order valence-corrected chi connectivity index (χ2v) is 5.99. The number of carboxylic acids is 1. The number of thioether (sulfide) groups is 1. The maximum absolute atomic E-state index is 13.9. The van der Waals surface area contributed by atoms with Crippen LogP contribution in [0.3, 0.4) is 0 Å². The maximum atomic E-state index is 13.9. The van der Waals surface area contributed by atoms with E-state index in [-0.39, 0.29) is 17.6 Å². The van der Waals surface area contributed by atoms with E-state index >= 15 is 0 Å². The van der Waals surface area contributed by atoms with Crippen molar-refractivity contribution in [3.8, 4) is 0 Å². The number of aromatic nitrogens is 2. The molecule has 6 heteroatoms. The van der Waals surface area contributed by atoms with Crippen LogP contribution >= 0.6 is 11.8 Å². The van der Waals surface area contributed by atoms with Crippen molar-refractivity contribution in [2.45, 2.75) is 44.3 Å². The van der Waals surface area contributed by atoms with E-state index in [4.69, 9.17) is 5.11 Å². The smallest absolute Gasteiger partial charge is 0.313 e. The standard InChI is InChI=1S/C15H19FN2O2S/c1-3-4-6-10(2)18-12-8-5-7-11(16)14(12)17-15(18)21-9-13(19)20/h5,7-8,10H,3-4,6,9H2,1-2H3,(H,19,20). The summed E-state index contributed by atoms with van der Waals surface area (Å²) >= 11 is 1.14. The van der Waals surface area contributed by atoms with Crippen molar-refractivity contribution in [1.29, 1.82) is 0 Å². The molecular weight excluding hydrogens is 291 g/mol. The Kier molecular flexibility index (Phi) is 5.22. The fraction of sp³-hybridized carbons (Fsp3) is 0.467. The molecule has 1 atom stereocenters. The third-order valence-electron chi connectivity index (χ3n) is 3.38. The molecule has 0 aliphatic heterocycles. The molecule has 1 N–H and O–H groups in total. The van der Waals surface area contributed by atoms with Crippen molar-refractivity contribution in [2.75, 3.05) is 5.75 Å². The number of aliphatic carboxylic acids is 1. The van der Waals surface area contributed by atoms with Crippen molar-refractivity contribution in [3.05, 3.63) is 24.0 Å². The Balaban J connectivity index is 2.44. The molecule has 0 radical (unpaired) electrons. The molecule has 0 amide bonds. The molecule has 2 rings (SSSR count). The lowest BCUT2D eigenvalue weighted by molar-refractivity contribution is -0.133. The zero-order valence-corrected chi connectivity index (χ0v) is 13.0. The topological polar surface area (TPSA) is 55.1 Å². The Morgan fingerprint density at radius 2 is 2.29 bits per heavy atom. The number of benzene rings is 1. The summed E-state index contributed by atoms with van der Waals surface area (Å²) in [4.78, 5) is 15.1. The van der Waals surface area contributed by atoms with Gasteiger partial charge in [0.1, 0.15) is 5.52 Å². The number of unbranched alkanes of at least 4 members (excludes halogenated alkanes) is 1. The summed E-state index contributed by atoms with van der Waals surface area (Å²) in [5, 5.41) is 9.41. The molecule has 0 spiro atoms. The van der Waals surface area contributed by atoms with Gasteiger partial charge in [0.15, 0.2) is 11.0 Å². The molecule has 2 aromatic rings. The molecule has 21 heavy (non-hydrogen) atoms. The highest BCUT2D eigenvalue weighted by atomic mass is 32.2. The van der Waals surface area contributed by atoms with Crippen molar-refractivity contribution in [1.82, 2.24) is 9.55 Å². The van der Waals surface area contributed by atoms with E-state index in [9.17, 15) is 9.18 Å². The van der Waals surface area contributed by atoms with Gasteiger partial charge in [0, 0.05) is 6.04 Å². The van der Waals surface area contributed by atoms with Crippen LogP contribution < -0.4 is 0 Å². The fourth-order valence-electron chi connectivity index (χ4n) is 2.34. The minimum atomic E-state index is -0.903. The number of hydrogen-bond donors (Lipinski definition) is 1. The molecule has 1 heterocycles. The van der Waals surface area contributed by atoms with E-state index in [1.54, 1.807) is 6.07 Å². The number of fused-ring (bicyclic) bond motifs is 1. The third-order valence-corrected chi connectivity index (χ3v) is 4.32. The lowest BCUT2D eigenvalue weighted by Gasteiger charge is -2.16. The van der Waals surface area contributed by atoms with Crippen molar-refractivity contribution >= 4 is 28.8 Å². The van der Waals surface area contributed by atoms with Gasteiger partial charge in [-0.25, -0.2) is 9.37 Å². The lowest BCUT2D eigenvalue weighted by Crippen LogP contribution is -2.08. The molecule has 0 bridgehead atoms. The molecule has 0 aliphatic rings. The van der Waals surface area contributed by atoms with Gasteiger partial charge in [-0.05, 0) is 25.5 Å². The van der Waals surface area contributed by atoms with Crippen molar-refractivity contribution in [2.24, 2.45) is 0 Å². The predicted octanol–water partition coefficient (Wildman–Crippen LogP) is 4.10. The average Bonchev–Trinajstić information content (AvgIpc) is 2.82. The Labute approximate surface area is 127 Å². The zero-order valence-electron chi connectivity index (χ0n) is 12.2. The molecule has 1 unspecified atom stereocenters. The highest BCUT2D eigenvalue weighted by Gasteiger charge is 2.18. The first-order chi connectivity index (χ1) is 10.0. The molecule has 0 fully saturated rings. The minimum Gasteiger partial charge on any atom is -0.481 e. The largest absolute Gasteiger partial charge is 0.481 e. The van der Waals surface area contributed by atoms with Gasteiger partial charge in [-0.2, -0.15) is 0 Å². The number of halogens is 1. The van der Waals surface area contributed by atoms with Crippen LogP contribution in [0.15, 0.2) is 23.4 Å². The maximum Gasteiger partial charge on any atom is 0.313 e. The van der Waals surface area contributed by atoms with Gasteiger partial charge in [-0.15, -0.1) is 0 Å². The highest BCUT2D eigenvalue weighted by Crippen LogP contribution is 2.30. The van der Waals surface area contributed by atoms with Crippen LogP contribution in [-0.2, 0) is 4.79 Å². The Hall–Kier alpha value is -1.56. The lowest BCUT2D eigenvalue weighted by atomic mass is 10.1. The number of para-hydroxylation sites is 1. The third kappa shape index (κ3) is 3.56. The molecular formula is C15H19FN2O2S. The molecule has 114 valence electrons. The average molecular weight is 310 g/mol. The van der Waals surface area contributed by atoms with Crippen molar-refractivity contribution in [3.63, 3.8) is 0 Å². The van der Waals surface area contributed by atoms with Gasteiger partial charge in [0.05, 0.1) is 11.3 Å². The van der Waals surface area contributed by atoms with E-state index in [0.29, 0.717) is 10.7 Å². The van der Waals surface area contributed by atoms with E-state index in [1.807, 2.05) is 10.6 Å². The monoisotopic (exact) mass is 310 g/mol. The first kappa shape index (κ1) is 15.8. The summed E-state index contributed by atoms with van der Waals surface area (Å²) in [5.74, 6) is -1.35. The van der Waals surface area contributed by atoms with Gasteiger partial charge in [-0.3, -0.25) is 4.79 Å². The van der Waals surface area contributed by atoms with Gasteiger partial charge < -0.3 is 9.67 Å². The van der Waals surface area contributed by atoms with E-state index in [1.165, 1.54) is 6.07 Å². The van der Waals surface area contributed by atoms with Crippen LogP contribution in [0.1, 0.15) is 39.2 Å². The quantitative estimate of drug-likeness (QED) is 0.782. The number of carbonyl (C=O) groups is 1. The summed E-state index contributed by atoms with van der Waals surface area (Å²) in [5.41, 5.74) is 1.04. The Morgan fingerprint density at radius 1 is 1.52 bits per heavy atom. The van der Waals surface area contributed by atoms with Crippen LogP contribution in [0.5, 0.6) is 0 Å². The summed E-state index contributed by atoms with van der Waals surface area (Å²) in [6.45, 7) is 4.19. The van der Waals surface area contributed by atoms with E-state index < -0.39 is 5.97 Å². The Morgan fingerprint density at radius 3 is 2.95 bits per heavy atom. The molecule has 0 aliphatic carbocycles. The van der Waals surface area contributed by atoms with E-state index in [0.717, 1.165) is 36.5 Å². The normalized spacial score (nSPS) is 12.7. The summed E-state index contributed by atoms with van der Waals surface area (Å²) < 4.78 is 15.9. The molecule has 4 nitrogen and oxygen atoms in total. The summed E-state index contributed by atoms with van der Waals surface area (Å²) in [7, 11) is 0. The molecule has 0 saturated heterocycles. The van der Waals surface area contributed by atoms with Gasteiger partial charge in [-0.1, -0.05) is 37.6 Å². The van der Waals surface area contributed by atoms with Crippen molar-refractivity contribution < 1.29 is 14.3 Å². The molecule has 0 saturated carbocycles. The second kappa shape index (κ2) is 6.93. The van der Waals surface area contributed by atoms with Crippen LogP contribution in [0, 0.1) is 5.82 Å². The van der Waals surface area contributed by atoms with Gasteiger partial charge in [0.2, 0.25) is 0 Å². The van der Waals surface area contributed by atoms with Gasteiger partial charge in [0.25, 0.3) is 0 Å². The minimum absolute atomic E-state index is 0.0779. The fourth-order valence-corrected chi connectivity index (χ4v) is 3.17. The molecule has 1 aromatic heterocycles. The number of hydrogen-bond acceptors (Lipinski definition) is 3. The first-order valence-corrected chi connectivity index (χ1v) is 8.04. The van der Waals surface area contributed by atoms with Crippen LogP contribution in [-0.4, -0.2) is 26.4 Å². The summed E-state index contributed by atoms with van der Waals surface area (Å²) in [6.07, 6.45) is 3.11. The predicted molar refractivity (Wildman–Crippen MR) is 82.3 cm³/mol. The number of rotatable bonds is 7. The van der Waals surface area contributed by atoms with E-state index in [2.05, 4.69) is 18.8 Å². The molecule has 1 aromatic carbocycles. The zero-order chi connectivity index (χ0) is 15.4. The highest BCUT2D eigenvalue weighted by molar-refractivity contribution is 7.99. The number of nitrogens with zero attached hydrogens (tertiary/aromatic N) is 2. The van der Waals surface area contributed by atoms with Crippen LogP contribution in [0.4, 0.5) is 4.39 Å². The number of imidazole rings is 1. The SMILES string of the molecule is CCCCC(C)n1c(SCC(=O)O)nc2c(F)cccc21. The Bertz CT molecular complexity index is 642. The van der Waals surface area contributed by atoms with Crippen LogP contribution in [0.2, 0.25) is 0 Å². The first-order valence-electron chi connectivity index (χ1n) is 7.05. The van der Waals surface area contributed by atoms with Gasteiger partial charge >= 0.3 is 5.97 Å². The second-order valence-electron chi connectivity index (χ2n) is 5.05. The number of carboxylic acid groups (broad SMARTS) is 1. The summed E-state index contributed by atoms with van der Waals surface area (Å²) in [6, 6.07) is 5.03.